The molecule has 13 heteroatoms. The van der Waals surface area contributed by atoms with E-state index in [1.54, 1.807) is 25.4 Å². The van der Waals surface area contributed by atoms with Crippen molar-refractivity contribution in [2.45, 2.75) is 104 Å². The van der Waals surface area contributed by atoms with Gasteiger partial charge in [0.1, 0.15) is 23.9 Å². The van der Waals surface area contributed by atoms with Gasteiger partial charge in [0.15, 0.2) is 0 Å². The predicted molar refractivity (Wildman–Crippen MR) is 216 cm³/mol. The van der Waals surface area contributed by atoms with Crippen LogP contribution in [0.2, 0.25) is 0 Å². The Morgan fingerprint density at radius 2 is 1.88 bits per heavy atom. The van der Waals surface area contributed by atoms with Gasteiger partial charge in [0.05, 0.1) is 24.1 Å². The third-order valence-electron chi connectivity index (χ3n) is 11.6. The topological polar surface area (TPSA) is 155 Å². The molecule has 57 heavy (non-hydrogen) atoms. The smallest absolute Gasteiger partial charge is 0.324 e. The lowest BCUT2D eigenvalue weighted by Gasteiger charge is -2.36. The van der Waals surface area contributed by atoms with E-state index >= 15 is 0 Å². The van der Waals surface area contributed by atoms with Crippen molar-refractivity contribution < 1.29 is 33.8 Å². The highest BCUT2D eigenvalue weighted by atomic mass is 16.5. The van der Waals surface area contributed by atoms with Crippen LogP contribution < -0.4 is 10.7 Å². The first-order valence-corrected chi connectivity index (χ1v) is 20.1. The van der Waals surface area contributed by atoms with E-state index in [1.807, 2.05) is 25.1 Å². The van der Waals surface area contributed by atoms with Crippen LogP contribution in [0.3, 0.4) is 0 Å². The van der Waals surface area contributed by atoms with Gasteiger partial charge in [0.25, 0.3) is 5.91 Å². The van der Waals surface area contributed by atoms with E-state index in [1.165, 1.54) is 16.8 Å². The third-order valence-corrected chi connectivity index (χ3v) is 11.6. The van der Waals surface area contributed by atoms with Gasteiger partial charge in [0.2, 0.25) is 11.8 Å². The second-order valence-corrected chi connectivity index (χ2v) is 16.4. The fraction of sp³-hybridized carbons (Fsp3) is 0.477. The number of aromatic nitrogens is 2. The highest BCUT2D eigenvalue weighted by Gasteiger charge is 2.38. The molecule has 0 aliphatic carbocycles. The Balaban J connectivity index is 1.38. The van der Waals surface area contributed by atoms with Gasteiger partial charge >= 0.3 is 5.97 Å². The number of carbonyl (C=O) groups is 4. The van der Waals surface area contributed by atoms with Crippen molar-refractivity contribution >= 4 is 34.6 Å². The van der Waals surface area contributed by atoms with Gasteiger partial charge in [-0.2, -0.15) is 0 Å². The molecular weight excluding hydrogens is 725 g/mol. The van der Waals surface area contributed by atoms with E-state index in [9.17, 15) is 24.3 Å². The number of aryl methyl sites for hydroxylation is 1. The predicted octanol–water partition coefficient (Wildman–Crippen LogP) is 5.46. The number of benzene rings is 2. The number of amides is 3. The maximum absolute atomic E-state index is 14.4. The number of nitrogens with zero attached hydrogens (tertiary/aromatic N) is 4. The minimum atomic E-state index is -1.06. The van der Waals surface area contributed by atoms with Crippen molar-refractivity contribution in [1.82, 2.24) is 30.2 Å². The number of phenols is 1. The number of cyclic esters (lactones) is 1. The summed E-state index contributed by atoms with van der Waals surface area (Å²) in [5.41, 5.74) is 9.75. The number of phenolic OH excluding ortho intramolecular Hbond substituents is 1. The van der Waals surface area contributed by atoms with E-state index in [-0.39, 0.29) is 30.8 Å². The van der Waals surface area contributed by atoms with Gasteiger partial charge in [-0.1, -0.05) is 26.0 Å². The zero-order valence-electron chi connectivity index (χ0n) is 33.8. The van der Waals surface area contributed by atoms with Crippen molar-refractivity contribution in [2.24, 2.45) is 5.41 Å². The van der Waals surface area contributed by atoms with Crippen LogP contribution >= 0.6 is 0 Å². The fourth-order valence-corrected chi connectivity index (χ4v) is 8.75. The molecule has 5 heterocycles. The Morgan fingerprint density at radius 1 is 1.09 bits per heavy atom. The number of methoxy groups -OCH3 is 1. The molecule has 3 aliphatic rings. The van der Waals surface area contributed by atoms with Crippen LogP contribution in [-0.2, 0) is 48.0 Å². The summed E-state index contributed by atoms with van der Waals surface area (Å²) in [7, 11) is 1.68. The Labute approximate surface area is 333 Å². The fourth-order valence-electron chi connectivity index (χ4n) is 8.75. The van der Waals surface area contributed by atoms with E-state index < -0.39 is 41.3 Å². The van der Waals surface area contributed by atoms with Crippen molar-refractivity contribution in [3.63, 3.8) is 0 Å². The maximum Gasteiger partial charge on any atom is 0.324 e. The SMILES string of the molecule is CCn1c(-c2cccnc2C(C)OC)c2c3cc(ccc31)-c1cc(O)cc(c1)CC(NC(=O)C1CCCN1C(C)=O)C(=O)N1CCC[C@H](N1)C(=O)OCC(C)(C)C2. The third kappa shape index (κ3) is 8.13. The number of pyridine rings is 1. The van der Waals surface area contributed by atoms with Gasteiger partial charge in [-0.25, -0.2) is 5.43 Å². The molecule has 2 aromatic heterocycles. The van der Waals surface area contributed by atoms with E-state index in [0.717, 1.165) is 44.5 Å². The van der Waals surface area contributed by atoms with Gasteiger partial charge in [-0.3, -0.25) is 29.2 Å². The monoisotopic (exact) mass is 778 g/mol. The number of esters is 1. The molecule has 302 valence electrons. The molecule has 6 bridgehead atoms. The van der Waals surface area contributed by atoms with Crippen molar-refractivity contribution in [2.75, 3.05) is 26.8 Å². The lowest BCUT2D eigenvalue weighted by atomic mass is 9.84. The molecule has 0 radical (unpaired) electrons. The molecule has 13 nitrogen and oxygen atoms in total. The number of hydrazine groups is 1. The normalized spacial score (nSPS) is 21.9. The molecule has 2 fully saturated rings. The zero-order chi connectivity index (χ0) is 40.6. The number of aromatic hydroxyl groups is 1. The van der Waals surface area contributed by atoms with E-state index in [4.69, 9.17) is 14.5 Å². The summed E-state index contributed by atoms with van der Waals surface area (Å²) >= 11 is 0. The number of fused-ring (bicyclic) bond motifs is 6. The number of ether oxygens (including phenoxy) is 2. The van der Waals surface area contributed by atoms with Gasteiger partial charge in [-0.05, 0) is 105 Å². The highest BCUT2D eigenvalue weighted by molar-refractivity contribution is 5.96. The van der Waals surface area contributed by atoms with Crippen molar-refractivity contribution in [3.8, 4) is 28.1 Å². The molecule has 3 unspecified atom stereocenters. The Bertz CT molecular complexity index is 2200. The van der Waals surface area contributed by atoms with E-state index in [0.29, 0.717) is 57.3 Å². The van der Waals surface area contributed by atoms with Crippen LogP contribution in [0.5, 0.6) is 5.75 Å². The van der Waals surface area contributed by atoms with Crippen LogP contribution in [0.15, 0.2) is 54.7 Å². The lowest BCUT2D eigenvalue weighted by Crippen LogP contribution is -2.61. The highest BCUT2D eigenvalue weighted by Crippen LogP contribution is 2.42. The summed E-state index contributed by atoms with van der Waals surface area (Å²) in [6, 6.07) is 13.0. The zero-order valence-corrected chi connectivity index (χ0v) is 33.8. The van der Waals surface area contributed by atoms with E-state index in [2.05, 4.69) is 54.3 Å². The quantitative estimate of drug-likeness (QED) is 0.217. The largest absolute Gasteiger partial charge is 0.508 e. The molecule has 3 N–H and O–H groups in total. The Kier molecular flexibility index (Phi) is 11.4. The molecule has 0 spiro atoms. The average molecular weight is 779 g/mol. The first-order chi connectivity index (χ1) is 27.3. The first-order valence-electron chi connectivity index (χ1n) is 20.1. The molecule has 3 aliphatic heterocycles. The number of nitrogens with one attached hydrogen (secondary N) is 2. The number of rotatable bonds is 6. The average Bonchev–Trinajstić information content (AvgIpc) is 3.82. The molecule has 4 aromatic rings. The second kappa shape index (κ2) is 16.3. The summed E-state index contributed by atoms with van der Waals surface area (Å²) in [6.45, 7) is 11.3. The van der Waals surface area contributed by atoms with Gasteiger partial charge < -0.3 is 29.4 Å². The summed E-state index contributed by atoms with van der Waals surface area (Å²) in [5, 5.41) is 16.5. The van der Waals surface area contributed by atoms with Crippen molar-refractivity contribution in [3.05, 3.63) is 71.5 Å². The number of likely N-dealkylation sites (tertiary alicyclic amines) is 1. The van der Waals surface area contributed by atoms with Crippen molar-refractivity contribution in [1.29, 1.82) is 0 Å². The number of hydrogen-bond donors (Lipinski definition) is 3. The minimum Gasteiger partial charge on any atom is -0.508 e. The lowest BCUT2D eigenvalue weighted by molar-refractivity contribution is -0.155. The number of carbonyl (C=O) groups excluding carboxylic acids is 4. The Morgan fingerprint density at radius 3 is 2.63 bits per heavy atom. The molecule has 2 saturated heterocycles. The minimum absolute atomic E-state index is 0.0220. The summed E-state index contributed by atoms with van der Waals surface area (Å²) in [5.74, 6) is -1.46. The van der Waals surface area contributed by atoms with Crippen LogP contribution in [-0.4, -0.2) is 93.2 Å². The van der Waals surface area contributed by atoms with Gasteiger partial charge in [-0.15, -0.1) is 0 Å². The summed E-state index contributed by atoms with van der Waals surface area (Å²) in [4.78, 5) is 60.6. The van der Waals surface area contributed by atoms with Crippen LogP contribution in [0.4, 0.5) is 0 Å². The maximum atomic E-state index is 14.4. The van der Waals surface area contributed by atoms with Crippen LogP contribution in [0.25, 0.3) is 33.3 Å². The van der Waals surface area contributed by atoms with Crippen LogP contribution in [0.1, 0.15) is 83.2 Å². The summed E-state index contributed by atoms with van der Waals surface area (Å²) in [6.07, 6.45) is 4.35. The summed E-state index contributed by atoms with van der Waals surface area (Å²) < 4.78 is 14.1. The molecular formula is C44H54N6O7. The standard InChI is InChI=1S/C44H54N6O7/c1-7-48-37-15-14-29-23-33(37)34(40(48)32-11-8-16-45-39(32)26(2)56-6)24-44(4,5)25-57-43(55)35-12-9-18-50(47-35)42(54)36(21-28-19-30(29)22-31(52)20-28)46-41(53)38-13-10-17-49(38)27(3)51/h8,11,14-16,19-20,22-23,26,35-36,38,47,52H,7,9-10,12-13,17-18,21,24-25H2,1-6H3,(H,46,53)/t26?,35-,36?,38?/m0/s1. The van der Waals surface area contributed by atoms with Gasteiger partial charge in [0, 0.05) is 68.2 Å². The molecule has 7 rings (SSSR count). The second-order valence-electron chi connectivity index (χ2n) is 16.4. The molecule has 2 aromatic carbocycles. The molecule has 3 amide bonds. The molecule has 4 atom stereocenters. The Hall–Kier alpha value is -5.27. The van der Waals surface area contributed by atoms with Crippen LogP contribution in [0, 0.1) is 5.41 Å². The first kappa shape index (κ1) is 39.9. The number of hydrogen-bond acceptors (Lipinski definition) is 9. The molecule has 0 saturated carbocycles.